The summed E-state index contributed by atoms with van der Waals surface area (Å²) in [6.07, 6.45) is 0. The van der Waals surface area contributed by atoms with Crippen LogP contribution in [0.1, 0.15) is 24.2 Å². The lowest BCUT2D eigenvalue weighted by Gasteiger charge is -2.16. The Labute approximate surface area is 176 Å². The quantitative estimate of drug-likeness (QED) is 0.630. The second kappa shape index (κ2) is 10.5. The van der Waals surface area contributed by atoms with Crippen LogP contribution in [-0.2, 0) is 0 Å². The van der Waals surface area contributed by atoms with E-state index in [9.17, 15) is 4.79 Å². The molecule has 0 aliphatic rings. The van der Waals surface area contributed by atoms with E-state index in [1.54, 1.807) is 12.1 Å². The van der Waals surface area contributed by atoms with Crippen LogP contribution in [0, 0.1) is 5.92 Å². The third kappa shape index (κ3) is 5.99. The Morgan fingerprint density at radius 2 is 1.62 bits per heavy atom. The number of methoxy groups -OCH3 is 3. The average Bonchev–Trinajstić information content (AvgIpc) is 2.71. The molecule has 0 fully saturated rings. The van der Waals surface area contributed by atoms with Crippen molar-refractivity contribution in [3.63, 3.8) is 0 Å². The van der Waals surface area contributed by atoms with Crippen LogP contribution in [0.25, 0.3) is 0 Å². The highest BCUT2D eigenvalue weighted by Gasteiger charge is 2.18. The fourth-order valence-corrected chi connectivity index (χ4v) is 2.70. The van der Waals surface area contributed by atoms with Crippen molar-refractivity contribution < 1.29 is 23.7 Å². The molecular weight excluding hydrogens is 392 g/mol. The molecule has 8 heteroatoms. The van der Waals surface area contributed by atoms with E-state index in [0.717, 1.165) is 0 Å². The Morgan fingerprint density at radius 1 is 1.00 bits per heavy atom. The van der Waals surface area contributed by atoms with E-state index < -0.39 is 5.91 Å². The summed E-state index contributed by atoms with van der Waals surface area (Å²) in [4.78, 5) is 12.7. The molecule has 0 bridgehead atoms. The van der Waals surface area contributed by atoms with Gasteiger partial charge in [-0.15, -0.1) is 0 Å². The van der Waals surface area contributed by atoms with E-state index >= 15 is 0 Å². The molecule has 1 amide bonds. The highest BCUT2D eigenvalue weighted by atomic mass is 32.1. The van der Waals surface area contributed by atoms with Crippen molar-refractivity contribution >= 4 is 28.9 Å². The number of ether oxygens (including phenoxy) is 4. The summed E-state index contributed by atoms with van der Waals surface area (Å²) >= 11 is 5.29. The zero-order valence-electron chi connectivity index (χ0n) is 17.2. The summed E-state index contributed by atoms with van der Waals surface area (Å²) in [6, 6.07) is 10.5. The van der Waals surface area contributed by atoms with Crippen LogP contribution in [0.15, 0.2) is 36.4 Å². The first-order chi connectivity index (χ1) is 13.9. The van der Waals surface area contributed by atoms with Crippen molar-refractivity contribution in [3.05, 3.63) is 42.0 Å². The van der Waals surface area contributed by atoms with Crippen molar-refractivity contribution in [2.45, 2.75) is 13.8 Å². The Balaban J connectivity index is 2.13. The van der Waals surface area contributed by atoms with Gasteiger partial charge in [0, 0.05) is 5.56 Å². The van der Waals surface area contributed by atoms with Crippen molar-refractivity contribution in [1.29, 1.82) is 0 Å². The van der Waals surface area contributed by atoms with Gasteiger partial charge in [-0.25, -0.2) is 0 Å². The summed E-state index contributed by atoms with van der Waals surface area (Å²) in [5.41, 5.74) is 0.983. The number of carbonyl (C=O) groups is 1. The number of para-hydroxylation sites is 2. The first-order valence-corrected chi connectivity index (χ1v) is 9.44. The molecule has 2 rings (SSSR count). The topological polar surface area (TPSA) is 78.1 Å². The zero-order valence-corrected chi connectivity index (χ0v) is 18.0. The average molecular weight is 419 g/mol. The number of hydrogen-bond donors (Lipinski definition) is 2. The zero-order chi connectivity index (χ0) is 21.4. The van der Waals surface area contributed by atoms with E-state index in [4.69, 9.17) is 31.2 Å². The SMILES string of the molecule is COc1cc(C(=O)NC(=S)Nc2ccccc2OCC(C)C)cc(OC)c1OC. The predicted octanol–water partition coefficient (Wildman–Crippen LogP) is 3.87. The minimum Gasteiger partial charge on any atom is -0.493 e. The van der Waals surface area contributed by atoms with Crippen molar-refractivity contribution in [2.75, 3.05) is 33.3 Å². The van der Waals surface area contributed by atoms with Gasteiger partial charge >= 0.3 is 0 Å². The standard InChI is InChI=1S/C21H26N2O5S/c1-13(2)12-28-16-9-7-6-8-15(16)22-21(29)23-20(24)14-10-17(25-3)19(27-5)18(11-14)26-4/h6-11,13H,12H2,1-5H3,(H2,22,23,24,29). The van der Waals surface area contributed by atoms with Crippen LogP contribution in [0.2, 0.25) is 0 Å². The number of thiocarbonyl (C=S) groups is 1. The minimum absolute atomic E-state index is 0.143. The van der Waals surface area contributed by atoms with Gasteiger partial charge in [0.25, 0.3) is 5.91 Å². The first-order valence-electron chi connectivity index (χ1n) is 9.03. The fourth-order valence-electron chi connectivity index (χ4n) is 2.49. The maximum atomic E-state index is 12.7. The predicted molar refractivity (Wildman–Crippen MR) is 117 cm³/mol. The highest BCUT2D eigenvalue weighted by Crippen LogP contribution is 2.38. The molecule has 0 aliphatic carbocycles. The number of amides is 1. The number of anilines is 1. The molecule has 0 atom stereocenters. The monoisotopic (exact) mass is 418 g/mol. The fraction of sp³-hybridized carbons (Fsp3) is 0.333. The van der Waals surface area contributed by atoms with E-state index in [1.807, 2.05) is 24.3 Å². The largest absolute Gasteiger partial charge is 0.493 e. The third-order valence-electron chi connectivity index (χ3n) is 3.86. The molecule has 2 N–H and O–H groups in total. The molecule has 2 aromatic rings. The number of carbonyl (C=O) groups excluding carboxylic acids is 1. The van der Waals surface area contributed by atoms with E-state index in [2.05, 4.69) is 24.5 Å². The van der Waals surface area contributed by atoms with Gasteiger partial charge in [0.1, 0.15) is 5.75 Å². The molecule has 0 saturated heterocycles. The smallest absolute Gasteiger partial charge is 0.257 e. The molecule has 0 aliphatic heterocycles. The van der Waals surface area contributed by atoms with Crippen molar-refractivity contribution in [1.82, 2.24) is 5.32 Å². The summed E-state index contributed by atoms with van der Waals surface area (Å²) in [6.45, 7) is 4.71. The maximum Gasteiger partial charge on any atom is 0.257 e. The number of benzene rings is 2. The first kappa shape index (κ1) is 22.3. The Morgan fingerprint density at radius 3 is 2.17 bits per heavy atom. The van der Waals surface area contributed by atoms with Gasteiger partial charge in [0.15, 0.2) is 16.6 Å². The maximum absolute atomic E-state index is 12.7. The molecule has 156 valence electrons. The molecule has 0 radical (unpaired) electrons. The van der Waals surface area contributed by atoms with Gasteiger partial charge in [-0.05, 0) is 42.4 Å². The number of nitrogens with one attached hydrogen (secondary N) is 2. The molecular formula is C21H26N2O5S. The van der Waals surface area contributed by atoms with E-state index in [1.165, 1.54) is 21.3 Å². The Bertz CT molecular complexity index is 845. The Kier molecular flexibility index (Phi) is 8.09. The Hall–Kier alpha value is -3.00. The van der Waals surface area contributed by atoms with Gasteiger partial charge in [-0.1, -0.05) is 26.0 Å². The molecule has 0 spiro atoms. The van der Waals surface area contributed by atoms with Crippen molar-refractivity contribution in [3.8, 4) is 23.0 Å². The summed E-state index contributed by atoms with van der Waals surface area (Å²) in [5, 5.41) is 5.80. The molecule has 0 unspecified atom stereocenters. The summed E-state index contributed by atoms with van der Waals surface area (Å²) in [7, 11) is 4.47. The van der Waals surface area contributed by atoms with Gasteiger partial charge in [-0.3, -0.25) is 10.1 Å². The summed E-state index contributed by atoms with van der Waals surface area (Å²) < 4.78 is 21.6. The number of hydrogen-bond acceptors (Lipinski definition) is 6. The van der Waals surface area contributed by atoms with Crippen LogP contribution in [0.3, 0.4) is 0 Å². The van der Waals surface area contributed by atoms with Crippen LogP contribution >= 0.6 is 12.2 Å². The van der Waals surface area contributed by atoms with Gasteiger partial charge in [0.05, 0.1) is 33.6 Å². The third-order valence-corrected chi connectivity index (χ3v) is 4.07. The van der Waals surface area contributed by atoms with Gasteiger partial charge < -0.3 is 24.3 Å². The molecule has 2 aromatic carbocycles. The molecule has 29 heavy (non-hydrogen) atoms. The van der Waals surface area contributed by atoms with E-state index in [-0.39, 0.29) is 5.11 Å². The normalized spacial score (nSPS) is 10.3. The van der Waals surface area contributed by atoms with Crippen LogP contribution in [0.5, 0.6) is 23.0 Å². The molecule has 0 heterocycles. The second-order valence-electron chi connectivity index (χ2n) is 6.52. The summed E-state index contributed by atoms with van der Waals surface area (Å²) in [5.74, 6) is 1.79. The lowest BCUT2D eigenvalue weighted by Crippen LogP contribution is -2.34. The second-order valence-corrected chi connectivity index (χ2v) is 6.93. The molecule has 0 saturated carbocycles. The molecule has 0 aromatic heterocycles. The lowest BCUT2D eigenvalue weighted by molar-refractivity contribution is 0.0977. The number of rotatable bonds is 8. The van der Waals surface area contributed by atoms with Crippen LogP contribution < -0.4 is 29.6 Å². The van der Waals surface area contributed by atoms with E-state index in [0.29, 0.717) is 46.8 Å². The lowest BCUT2D eigenvalue weighted by atomic mass is 10.1. The molecule has 7 nitrogen and oxygen atoms in total. The van der Waals surface area contributed by atoms with Gasteiger partial charge in [-0.2, -0.15) is 0 Å². The minimum atomic E-state index is -0.415. The van der Waals surface area contributed by atoms with Crippen LogP contribution in [-0.4, -0.2) is 39.0 Å². The van der Waals surface area contributed by atoms with Gasteiger partial charge in [0.2, 0.25) is 5.75 Å². The van der Waals surface area contributed by atoms with Crippen LogP contribution in [0.4, 0.5) is 5.69 Å². The highest BCUT2D eigenvalue weighted by molar-refractivity contribution is 7.80. The van der Waals surface area contributed by atoms with Crippen molar-refractivity contribution in [2.24, 2.45) is 5.92 Å².